The fourth-order valence-electron chi connectivity index (χ4n) is 1.98. The van der Waals surface area contributed by atoms with Crippen LogP contribution >= 0.6 is 0 Å². The van der Waals surface area contributed by atoms with Gasteiger partial charge in [-0.2, -0.15) is 0 Å². The van der Waals surface area contributed by atoms with E-state index in [9.17, 15) is 0 Å². The molecule has 0 aliphatic carbocycles. The van der Waals surface area contributed by atoms with Crippen molar-refractivity contribution in [2.75, 3.05) is 6.54 Å². The molecule has 76 valence electrons. The highest BCUT2D eigenvalue weighted by molar-refractivity contribution is 5.62. The first-order chi connectivity index (χ1) is 7.45. The van der Waals surface area contributed by atoms with E-state index in [4.69, 9.17) is 4.52 Å². The lowest BCUT2D eigenvalue weighted by Gasteiger charge is -2.10. The third-order valence-corrected chi connectivity index (χ3v) is 2.75. The Morgan fingerprint density at radius 1 is 1.20 bits per heavy atom. The van der Waals surface area contributed by atoms with Gasteiger partial charge in [0, 0.05) is 17.7 Å². The molecule has 0 bridgehead atoms. The number of benzene rings is 1. The van der Waals surface area contributed by atoms with Gasteiger partial charge in [0.05, 0.1) is 0 Å². The van der Waals surface area contributed by atoms with Crippen LogP contribution < -0.4 is 5.32 Å². The second-order valence-electron chi connectivity index (χ2n) is 3.73. The molecule has 2 heterocycles. The Bertz CT molecular complexity index is 462. The summed E-state index contributed by atoms with van der Waals surface area (Å²) in [5.41, 5.74) is 3.44. The lowest BCUT2D eigenvalue weighted by Crippen LogP contribution is -2.23. The topological polar surface area (TPSA) is 38.1 Å². The van der Waals surface area contributed by atoms with Gasteiger partial charge >= 0.3 is 0 Å². The number of hydrogen-bond donors (Lipinski definition) is 1. The maximum absolute atomic E-state index is 5.41. The van der Waals surface area contributed by atoms with Gasteiger partial charge in [0.2, 0.25) is 0 Å². The molecule has 3 nitrogen and oxygen atoms in total. The molecule has 1 aromatic heterocycles. The van der Waals surface area contributed by atoms with Crippen molar-refractivity contribution in [3.63, 3.8) is 0 Å². The molecule has 0 amide bonds. The quantitative estimate of drug-likeness (QED) is 0.765. The summed E-state index contributed by atoms with van der Waals surface area (Å²) in [4.78, 5) is 0. The van der Waals surface area contributed by atoms with E-state index in [1.807, 2.05) is 18.2 Å². The molecular formula is C12H12N2O. The second-order valence-corrected chi connectivity index (χ2v) is 3.73. The van der Waals surface area contributed by atoms with Crippen molar-refractivity contribution in [2.24, 2.45) is 0 Å². The van der Waals surface area contributed by atoms with Crippen LogP contribution in [0.15, 0.2) is 34.9 Å². The van der Waals surface area contributed by atoms with E-state index in [0.29, 0.717) is 0 Å². The van der Waals surface area contributed by atoms with Crippen molar-refractivity contribution in [3.8, 4) is 11.3 Å². The predicted octanol–water partition coefficient (Wildman–Crippen LogP) is 1.99. The van der Waals surface area contributed by atoms with E-state index < -0.39 is 0 Å². The van der Waals surface area contributed by atoms with Crippen LogP contribution in [-0.4, -0.2) is 11.7 Å². The summed E-state index contributed by atoms with van der Waals surface area (Å²) < 4.78 is 5.41. The van der Waals surface area contributed by atoms with Gasteiger partial charge < -0.3 is 9.84 Å². The molecule has 1 aliphatic heterocycles. The molecule has 1 aliphatic rings. The Labute approximate surface area is 88.1 Å². The third-order valence-electron chi connectivity index (χ3n) is 2.75. The highest BCUT2D eigenvalue weighted by Gasteiger charge is 2.19. The maximum Gasteiger partial charge on any atom is 0.170 e. The molecule has 0 atom stereocenters. The van der Waals surface area contributed by atoms with Crippen LogP contribution in [0.2, 0.25) is 0 Å². The fourth-order valence-corrected chi connectivity index (χ4v) is 1.98. The van der Waals surface area contributed by atoms with Gasteiger partial charge in [0.25, 0.3) is 0 Å². The van der Waals surface area contributed by atoms with Crippen LogP contribution in [0.5, 0.6) is 0 Å². The van der Waals surface area contributed by atoms with Gasteiger partial charge in [0.1, 0.15) is 5.69 Å². The maximum atomic E-state index is 5.41. The van der Waals surface area contributed by atoms with Gasteiger partial charge in [-0.1, -0.05) is 35.5 Å². The van der Waals surface area contributed by atoms with E-state index >= 15 is 0 Å². The van der Waals surface area contributed by atoms with Crippen molar-refractivity contribution < 1.29 is 4.52 Å². The van der Waals surface area contributed by atoms with Gasteiger partial charge in [-0.25, -0.2) is 0 Å². The summed E-state index contributed by atoms with van der Waals surface area (Å²) >= 11 is 0. The lowest BCUT2D eigenvalue weighted by atomic mass is 10.0. The molecule has 0 fully saturated rings. The molecule has 0 unspecified atom stereocenters. The van der Waals surface area contributed by atoms with Gasteiger partial charge in [-0.3, -0.25) is 0 Å². The minimum Gasteiger partial charge on any atom is -0.356 e. The lowest BCUT2D eigenvalue weighted by molar-refractivity contribution is 0.421. The van der Waals surface area contributed by atoms with Crippen molar-refractivity contribution >= 4 is 0 Å². The zero-order valence-corrected chi connectivity index (χ0v) is 8.36. The highest BCUT2D eigenvalue weighted by atomic mass is 16.5. The van der Waals surface area contributed by atoms with E-state index in [-0.39, 0.29) is 0 Å². The largest absolute Gasteiger partial charge is 0.356 e. The molecule has 2 aromatic rings. The predicted molar refractivity (Wildman–Crippen MR) is 57.3 cm³/mol. The van der Waals surface area contributed by atoms with Gasteiger partial charge in [-0.15, -0.1) is 0 Å². The van der Waals surface area contributed by atoms with Crippen LogP contribution in [0.1, 0.15) is 11.3 Å². The Kier molecular flexibility index (Phi) is 2.03. The van der Waals surface area contributed by atoms with Crippen molar-refractivity contribution in [1.29, 1.82) is 0 Å². The van der Waals surface area contributed by atoms with Crippen molar-refractivity contribution in [1.82, 2.24) is 10.5 Å². The number of fused-ring (bicyclic) bond motifs is 1. The van der Waals surface area contributed by atoms with E-state index in [1.165, 1.54) is 5.56 Å². The first-order valence-corrected chi connectivity index (χ1v) is 5.19. The average molecular weight is 200 g/mol. The summed E-state index contributed by atoms with van der Waals surface area (Å²) in [6.45, 7) is 1.83. The standard InChI is InChI=1S/C12H12N2O/c1-2-4-9(5-3-1)12-10-6-7-13-8-11(10)14-15-12/h1-5,13H,6-8H2. The van der Waals surface area contributed by atoms with Crippen LogP contribution in [0.3, 0.4) is 0 Å². The molecular weight excluding hydrogens is 188 g/mol. The van der Waals surface area contributed by atoms with Crippen LogP contribution in [0.25, 0.3) is 11.3 Å². The Morgan fingerprint density at radius 2 is 2.07 bits per heavy atom. The highest BCUT2D eigenvalue weighted by Crippen LogP contribution is 2.27. The zero-order valence-electron chi connectivity index (χ0n) is 8.36. The molecule has 15 heavy (non-hydrogen) atoms. The molecule has 1 N–H and O–H groups in total. The van der Waals surface area contributed by atoms with Gasteiger partial charge in [0.15, 0.2) is 5.76 Å². The first kappa shape index (κ1) is 8.68. The average Bonchev–Trinajstić information content (AvgIpc) is 2.74. The smallest absolute Gasteiger partial charge is 0.170 e. The second kappa shape index (κ2) is 3.51. The first-order valence-electron chi connectivity index (χ1n) is 5.19. The van der Waals surface area contributed by atoms with E-state index in [1.54, 1.807) is 0 Å². The molecule has 3 rings (SSSR count). The number of nitrogens with zero attached hydrogens (tertiary/aromatic N) is 1. The molecule has 0 spiro atoms. The molecule has 0 radical (unpaired) electrons. The minimum atomic E-state index is 0.825. The molecule has 0 saturated carbocycles. The number of aromatic nitrogens is 1. The van der Waals surface area contributed by atoms with Crippen molar-refractivity contribution in [2.45, 2.75) is 13.0 Å². The number of hydrogen-bond acceptors (Lipinski definition) is 3. The normalized spacial score (nSPS) is 14.9. The molecule has 0 saturated heterocycles. The van der Waals surface area contributed by atoms with E-state index in [0.717, 1.165) is 36.5 Å². The summed E-state index contributed by atoms with van der Waals surface area (Å²) in [5, 5.41) is 7.38. The van der Waals surface area contributed by atoms with Crippen LogP contribution in [-0.2, 0) is 13.0 Å². The molecule has 1 aromatic carbocycles. The van der Waals surface area contributed by atoms with Gasteiger partial charge in [-0.05, 0) is 13.0 Å². The molecule has 3 heteroatoms. The zero-order chi connectivity index (χ0) is 10.1. The summed E-state index contributed by atoms with van der Waals surface area (Å²) in [7, 11) is 0. The number of nitrogens with one attached hydrogen (secondary N) is 1. The summed E-state index contributed by atoms with van der Waals surface area (Å²) in [5.74, 6) is 0.937. The van der Waals surface area contributed by atoms with Crippen LogP contribution in [0, 0.1) is 0 Å². The monoisotopic (exact) mass is 200 g/mol. The van der Waals surface area contributed by atoms with Crippen molar-refractivity contribution in [3.05, 3.63) is 41.6 Å². The van der Waals surface area contributed by atoms with Crippen LogP contribution in [0.4, 0.5) is 0 Å². The Hall–Kier alpha value is -1.61. The Balaban J connectivity index is 2.09. The van der Waals surface area contributed by atoms with E-state index in [2.05, 4.69) is 22.6 Å². The number of rotatable bonds is 1. The SMILES string of the molecule is c1ccc(-c2onc3c2CCNC3)cc1. The third kappa shape index (κ3) is 1.45. The Morgan fingerprint density at radius 3 is 2.93 bits per heavy atom. The fraction of sp³-hybridized carbons (Fsp3) is 0.250. The summed E-state index contributed by atoms with van der Waals surface area (Å²) in [6, 6.07) is 10.2. The summed E-state index contributed by atoms with van der Waals surface area (Å²) in [6.07, 6.45) is 1.00. The minimum absolute atomic E-state index is 0.825.